The largest absolute Gasteiger partial charge is 3.00 e. The Balaban J connectivity index is -0.000000235. The van der Waals surface area contributed by atoms with E-state index in [-0.39, 0.29) is 68.2 Å². The predicted molar refractivity (Wildman–Crippen MR) is 159 cm³/mol. The summed E-state index contributed by atoms with van der Waals surface area (Å²) in [4.78, 5) is 41.7. The predicted octanol–water partition coefficient (Wildman–Crippen LogP) is 2.75. The van der Waals surface area contributed by atoms with Crippen LogP contribution in [0.15, 0.2) is 97.1 Å². The van der Waals surface area contributed by atoms with Gasteiger partial charge in [0, 0.05) is 0 Å². The second-order valence-corrected chi connectivity index (χ2v) is 8.78. The fourth-order valence-electron chi connectivity index (χ4n) is 2.82. The maximum absolute atomic E-state index is 10.4. The van der Waals surface area contributed by atoms with Crippen molar-refractivity contribution in [3.05, 3.63) is 165 Å². The topological polar surface area (TPSA) is 163 Å². The van der Waals surface area contributed by atoms with Gasteiger partial charge in [-0.2, -0.15) is 0 Å². The van der Waals surface area contributed by atoms with Crippen molar-refractivity contribution in [1.29, 1.82) is 0 Å². The van der Waals surface area contributed by atoms with Crippen molar-refractivity contribution < 1.29 is 87.4 Å². The summed E-state index contributed by atoms with van der Waals surface area (Å²) < 4.78 is 0. The minimum Gasteiger partial charge on any atom is -1.00 e. The van der Waals surface area contributed by atoms with Crippen LogP contribution >= 0.6 is 0 Å². The van der Waals surface area contributed by atoms with Gasteiger partial charge in [-0.3, -0.25) is 0 Å². The molecule has 0 fully saturated rings. The Morgan fingerprint density at radius 1 is 0.341 bits per heavy atom. The second-order valence-electron chi connectivity index (χ2n) is 8.78. The van der Waals surface area contributed by atoms with Crippen molar-refractivity contribution in [2.24, 2.45) is 0 Å². The number of amides is 4. The quantitative estimate of drug-likeness (QED) is 0.299. The molecule has 8 nitrogen and oxygen atoms in total. The second kappa shape index (κ2) is 25.1. The Labute approximate surface area is 301 Å². The first kappa shape index (κ1) is 47.7. The monoisotopic (exact) mass is 702 g/mol. The molecule has 44 heavy (non-hydrogen) atoms. The number of carbonyl (C=O) groups excluding carboxylic acids is 4. The summed E-state index contributed by atoms with van der Waals surface area (Å²) in [6.07, 6.45) is 0. The minimum absolute atomic E-state index is 0. The van der Waals surface area contributed by atoms with E-state index < -0.39 is 23.6 Å². The molecule has 4 amide bonds. The Kier molecular flexibility index (Phi) is 27.2. The maximum atomic E-state index is 10.4. The number of carbonyl (C=O) groups is 4. The number of benzene rings is 4. The molecular weight excluding hydrogens is 671 g/mol. The van der Waals surface area contributed by atoms with Gasteiger partial charge in [-0.05, 0) is 49.9 Å². The minimum atomic E-state index is -0.625. The number of aryl methyl sites for hydroxylation is 4. The summed E-state index contributed by atoms with van der Waals surface area (Å²) in [6.45, 7) is 7.77. The molecule has 0 spiro atoms. The Hall–Kier alpha value is -3.23. The van der Waals surface area contributed by atoms with E-state index in [4.69, 9.17) is 22.9 Å². The van der Waals surface area contributed by atoms with Gasteiger partial charge in [-0.1, -0.05) is 119 Å². The van der Waals surface area contributed by atoms with Crippen LogP contribution in [-0.2, 0) is 43.4 Å². The van der Waals surface area contributed by atoms with E-state index in [1.165, 1.54) is 0 Å². The Morgan fingerprint density at radius 2 is 0.455 bits per heavy atom. The first-order valence-electron chi connectivity index (χ1n) is 12.1. The van der Waals surface area contributed by atoms with Crippen LogP contribution in [0.1, 0.15) is 63.7 Å². The van der Waals surface area contributed by atoms with E-state index in [0.717, 1.165) is 22.3 Å². The van der Waals surface area contributed by atoms with Gasteiger partial charge < -0.3 is 66.9 Å². The average Bonchev–Trinajstić information content (AvgIpc) is 2.91. The molecule has 0 aliphatic heterocycles. The van der Waals surface area contributed by atoms with Crippen LogP contribution in [0.5, 0.6) is 0 Å². The van der Waals surface area contributed by atoms with E-state index in [0.29, 0.717) is 22.3 Å². The molecule has 0 heterocycles. The molecule has 0 bridgehead atoms. The van der Waals surface area contributed by atoms with Crippen molar-refractivity contribution in [2.75, 3.05) is 0 Å². The van der Waals surface area contributed by atoms with Crippen molar-refractivity contribution in [1.82, 2.24) is 0 Å². The van der Waals surface area contributed by atoms with E-state index in [2.05, 4.69) is 0 Å². The normalized spacial score (nSPS) is 8.45. The van der Waals surface area contributed by atoms with Gasteiger partial charge in [0.15, 0.2) is 0 Å². The van der Waals surface area contributed by atoms with Gasteiger partial charge in [0.25, 0.3) is 0 Å². The number of hydrogen-bond acceptors (Lipinski definition) is 4. The summed E-state index contributed by atoms with van der Waals surface area (Å²) in [7, 11) is 0. The summed E-state index contributed by atoms with van der Waals surface area (Å²) in [6, 6.07) is 27.8. The molecule has 4 N–H and O–H groups in total. The zero-order valence-electron chi connectivity index (χ0n) is 24.6. The SMILES string of the molecule is Cc1ccc(C([NH-])=O)cc1.Cc1ccc(C([NH-])=O)cc1.Cc1ccc(C([NH-])=O)cc1.Cc1ccc(C([NH-])=O)cc1.[Cl-].[Cl-].[Ti+3].[Ti+3]. The maximum Gasteiger partial charge on any atom is 3.00 e. The molecule has 0 aliphatic carbocycles. The standard InChI is InChI=1S/4C8H9NO.2ClH.2Ti/c4*1-6-2-4-7(5-3-6)8(9)10;;;;/h4*2-5H,1H3,(H2,9,10);2*1H;;/q;;;;;;2*+3/p-6. The molecule has 2 radical (unpaired) electrons. The molecule has 0 atom stereocenters. The third-order valence-corrected chi connectivity index (χ3v) is 5.26. The van der Waals surface area contributed by atoms with E-state index >= 15 is 0 Å². The van der Waals surface area contributed by atoms with Gasteiger partial charge in [-0.15, -0.1) is 0 Å². The fraction of sp³-hybridized carbons (Fsp3) is 0.125. The molecule has 0 unspecified atom stereocenters. The smallest absolute Gasteiger partial charge is 1.00 e. The number of nitrogens with one attached hydrogen (secondary N) is 4. The van der Waals surface area contributed by atoms with Crippen LogP contribution in [0, 0.1) is 27.7 Å². The van der Waals surface area contributed by atoms with Crippen molar-refractivity contribution in [3.63, 3.8) is 0 Å². The van der Waals surface area contributed by atoms with Gasteiger partial charge in [0.1, 0.15) is 0 Å². The zero-order valence-corrected chi connectivity index (χ0v) is 29.3. The van der Waals surface area contributed by atoms with Crippen molar-refractivity contribution >= 4 is 23.6 Å². The van der Waals surface area contributed by atoms with Gasteiger partial charge in [0.05, 0.1) is 23.6 Å². The first-order chi connectivity index (χ1) is 18.8. The van der Waals surface area contributed by atoms with E-state index in [1.54, 1.807) is 48.5 Å². The van der Waals surface area contributed by atoms with Crippen LogP contribution in [0.25, 0.3) is 22.9 Å². The number of rotatable bonds is 4. The summed E-state index contributed by atoms with van der Waals surface area (Å²) in [5.41, 5.74) is 33.2. The molecular formula is C32H32Cl2N4O4Ti2. The van der Waals surface area contributed by atoms with Crippen LogP contribution < -0.4 is 24.8 Å². The third kappa shape index (κ3) is 19.9. The zero-order chi connectivity index (χ0) is 30.2. The molecule has 0 aromatic heterocycles. The molecule has 4 aromatic rings. The fourth-order valence-corrected chi connectivity index (χ4v) is 2.82. The third-order valence-electron chi connectivity index (χ3n) is 5.26. The molecule has 4 aromatic carbocycles. The Morgan fingerprint density at radius 3 is 0.545 bits per heavy atom. The number of halogens is 2. The van der Waals surface area contributed by atoms with Crippen LogP contribution in [0.2, 0.25) is 0 Å². The summed E-state index contributed by atoms with van der Waals surface area (Å²) in [5.74, 6) is -2.50. The number of hydrogen-bond donors (Lipinski definition) is 0. The molecule has 0 aliphatic rings. The molecule has 0 saturated carbocycles. The van der Waals surface area contributed by atoms with Crippen LogP contribution in [-0.4, -0.2) is 23.6 Å². The molecule has 0 saturated heterocycles. The van der Waals surface area contributed by atoms with Crippen molar-refractivity contribution in [2.45, 2.75) is 27.7 Å². The van der Waals surface area contributed by atoms with Gasteiger partial charge in [0.2, 0.25) is 0 Å². The Bertz CT molecular complexity index is 1200. The molecule has 4 rings (SSSR count). The first-order valence-corrected chi connectivity index (χ1v) is 12.1. The summed E-state index contributed by atoms with van der Waals surface area (Å²) in [5, 5.41) is 0. The van der Waals surface area contributed by atoms with Crippen LogP contribution in [0.3, 0.4) is 0 Å². The molecule has 226 valence electrons. The molecule has 12 heteroatoms. The van der Waals surface area contributed by atoms with E-state index in [9.17, 15) is 19.2 Å². The summed E-state index contributed by atoms with van der Waals surface area (Å²) >= 11 is 0. The van der Waals surface area contributed by atoms with Crippen molar-refractivity contribution in [3.8, 4) is 0 Å². The van der Waals surface area contributed by atoms with Crippen LogP contribution in [0.4, 0.5) is 0 Å². The van der Waals surface area contributed by atoms with Gasteiger partial charge in [-0.25, -0.2) is 0 Å². The average molecular weight is 703 g/mol. The van der Waals surface area contributed by atoms with Gasteiger partial charge >= 0.3 is 43.4 Å². The van der Waals surface area contributed by atoms with E-state index in [1.807, 2.05) is 76.2 Å².